The van der Waals surface area contributed by atoms with Gasteiger partial charge in [0, 0.05) is 12.2 Å². The van der Waals surface area contributed by atoms with Crippen molar-refractivity contribution in [3.63, 3.8) is 0 Å². The average molecular weight is 264 g/mol. The van der Waals surface area contributed by atoms with Crippen LogP contribution in [0.5, 0.6) is 0 Å². The fourth-order valence-corrected chi connectivity index (χ4v) is 3.92. The minimum Gasteiger partial charge on any atom is -0.378 e. The third-order valence-electron chi connectivity index (χ3n) is 4.08. The van der Waals surface area contributed by atoms with Crippen LogP contribution in [-0.2, 0) is 0 Å². The van der Waals surface area contributed by atoms with Crippen LogP contribution in [0.15, 0.2) is 24.3 Å². The minimum atomic E-state index is -0.208. The number of anilines is 1. The maximum atomic E-state index is 13.3. The van der Waals surface area contributed by atoms with Crippen LogP contribution in [0.25, 0.3) is 0 Å². The monoisotopic (exact) mass is 264 g/mol. The van der Waals surface area contributed by atoms with Crippen molar-refractivity contribution < 1.29 is 4.39 Å². The molecule has 1 saturated carbocycles. The third kappa shape index (κ3) is 3.47. The summed E-state index contributed by atoms with van der Waals surface area (Å²) in [6.07, 6.45) is 3.29. The Labute approximate surface area is 115 Å². The number of halogens is 1. The van der Waals surface area contributed by atoms with E-state index in [1.165, 1.54) is 12.5 Å². The fourth-order valence-electron chi connectivity index (χ4n) is 3.92. The molecule has 0 saturated heterocycles. The molecule has 0 aromatic heterocycles. The van der Waals surface area contributed by atoms with Crippen LogP contribution in [-0.4, -0.2) is 12.1 Å². The Balaban J connectivity index is 2.22. The summed E-state index contributed by atoms with van der Waals surface area (Å²) in [5.74, 6) is 0.425. The molecule has 0 spiro atoms. The van der Waals surface area contributed by atoms with Crippen LogP contribution >= 0.6 is 0 Å². The van der Waals surface area contributed by atoms with Crippen LogP contribution in [0.1, 0.15) is 40.0 Å². The van der Waals surface area contributed by atoms with Gasteiger partial charge in [-0.1, -0.05) is 26.8 Å². The Morgan fingerprint density at radius 3 is 2.68 bits per heavy atom. The molecule has 0 radical (unpaired) electrons. The van der Waals surface area contributed by atoms with Crippen molar-refractivity contribution in [1.82, 2.24) is 0 Å². The third-order valence-corrected chi connectivity index (χ3v) is 4.08. The number of nitrogens with two attached hydrogens (primary N) is 1. The molecule has 0 amide bonds. The van der Waals surface area contributed by atoms with E-state index in [1.807, 2.05) is 6.07 Å². The highest BCUT2D eigenvalue weighted by molar-refractivity contribution is 5.46. The molecule has 2 nitrogen and oxygen atoms in total. The number of rotatable bonds is 3. The molecule has 2 rings (SSSR count). The quantitative estimate of drug-likeness (QED) is 0.872. The molecule has 2 unspecified atom stereocenters. The van der Waals surface area contributed by atoms with E-state index >= 15 is 0 Å². The normalized spacial score (nSPS) is 30.1. The van der Waals surface area contributed by atoms with Gasteiger partial charge in [0.25, 0.3) is 0 Å². The second-order valence-electron chi connectivity index (χ2n) is 6.97. The van der Waals surface area contributed by atoms with E-state index in [4.69, 9.17) is 5.73 Å². The highest BCUT2D eigenvalue weighted by Gasteiger charge is 2.42. The van der Waals surface area contributed by atoms with Crippen LogP contribution in [0.4, 0.5) is 10.1 Å². The molecule has 0 aliphatic heterocycles. The molecular formula is C16H25FN2. The van der Waals surface area contributed by atoms with Gasteiger partial charge in [-0.25, -0.2) is 4.39 Å². The van der Waals surface area contributed by atoms with Crippen molar-refractivity contribution in [2.24, 2.45) is 17.1 Å². The number of hydrogen-bond donors (Lipinski definition) is 2. The highest BCUT2D eigenvalue weighted by Crippen LogP contribution is 2.44. The molecule has 0 bridgehead atoms. The highest BCUT2D eigenvalue weighted by atomic mass is 19.1. The topological polar surface area (TPSA) is 38.0 Å². The molecule has 1 aromatic rings. The Morgan fingerprint density at radius 2 is 2.11 bits per heavy atom. The standard InChI is InChI=1S/C16H25FN2/c1-12-8-15(2,3)10-16(9-12,11-18)19-14-6-4-5-13(17)7-14/h4-7,12,19H,8-11,18H2,1-3H3. The molecular weight excluding hydrogens is 239 g/mol. The summed E-state index contributed by atoms with van der Waals surface area (Å²) in [6, 6.07) is 6.66. The zero-order chi connectivity index (χ0) is 14.1. The zero-order valence-electron chi connectivity index (χ0n) is 12.2. The molecule has 0 heterocycles. The summed E-state index contributed by atoms with van der Waals surface area (Å²) in [7, 11) is 0. The van der Waals surface area contributed by atoms with E-state index < -0.39 is 0 Å². The van der Waals surface area contributed by atoms with E-state index in [2.05, 4.69) is 26.1 Å². The molecule has 1 fully saturated rings. The van der Waals surface area contributed by atoms with E-state index in [0.29, 0.717) is 12.5 Å². The van der Waals surface area contributed by atoms with E-state index in [0.717, 1.165) is 18.5 Å². The van der Waals surface area contributed by atoms with Gasteiger partial charge in [0.2, 0.25) is 0 Å². The summed E-state index contributed by atoms with van der Waals surface area (Å²) >= 11 is 0. The molecule has 3 N–H and O–H groups in total. The van der Waals surface area contributed by atoms with E-state index in [1.54, 1.807) is 12.1 Å². The maximum absolute atomic E-state index is 13.3. The van der Waals surface area contributed by atoms with Gasteiger partial charge in [0.1, 0.15) is 5.82 Å². The molecule has 1 aromatic carbocycles. The first kappa shape index (κ1) is 14.3. The van der Waals surface area contributed by atoms with Gasteiger partial charge < -0.3 is 11.1 Å². The van der Waals surface area contributed by atoms with Crippen molar-refractivity contribution in [3.05, 3.63) is 30.1 Å². The largest absolute Gasteiger partial charge is 0.378 e. The maximum Gasteiger partial charge on any atom is 0.125 e. The zero-order valence-corrected chi connectivity index (χ0v) is 12.2. The molecule has 1 aliphatic rings. The minimum absolute atomic E-state index is 0.116. The second-order valence-corrected chi connectivity index (χ2v) is 6.97. The van der Waals surface area contributed by atoms with Gasteiger partial charge in [-0.05, 0) is 48.8 Å². The Hall–Kier alpha value is -1.09. The van der Waals surface area contributed by atoms with Gasteiger partial charge in [-0.2, -0.15) is 0 Å². The lowest BCUT2D eigenvalue weighted by Crippen LogP contribution is -2.52. The van der Waals surface area contributed by atoms with Gasteiger partial charge >= 0.3 is 0 Å². The first-order chi connectivity index (χ1) is 8.84. The average Bonchev–Trinajstić information content (AvgIpc) is 2.26. The van der Waals surface area contributed by atoms with Crippen LogP contribution in [0.2, 0.25) is 0 Å². The summed E-state index contributed by atoms with van der Waals surface area (Å²) < 4.78 is 13.3. The molecule has 106 valence electrons. The summed E-state index contributed by atoms with van der Waals surface area (Å²) in [5, 5.41) is 3.51. The van der Waals surface area contributed by atoms with Gasteiger partial charge in [-0.3, -0.25) is 0 Å². The van der Waals surface area contributed by atoms with Crippen molar-refractivity contribution in [3.8, 4) is 0 Å². The molecule has 19 heavy (non-hydrogen) atoms. The van der Waals surface area contributed by atoms with Gasteiger partial charge in [-0.15, -0.1) is 0 Å². The lowest BCUT2D eigenvalue weighted by atomic mass is 9.64. The summed E-state index contributed by atoms with van der Waals surface area (Å²) in [4.78, 5) is 0. The van der Waals surface area contributed by atoms with Gasteiger partial charge in [0.05, 0.1) is 5.54 Å². The smallest absolute Gasteiger partial charge is 0.125 e. The van der Waals surface area contributed by atoms with Crippen molar-refractivity contribution >= 4 is 5.69 Å². The molecule has 1 aliphatic carbocycles. The fraction of sp³-hybridized carbons (Fsp3) is 0.625. The predicted molar refractivity (Wildman–Crippen MR) is 78.6 cm³/mol. The number of hydrogen-bond acceptors (Lipinski definition) is 2. The Bertz CT molecular complexity index is 444. The van der Waals surface area contributed by atoms with Crippen LogP contribution in [0.3, 0.4) is 0 Å². The first-order valence-corrected chi connectivity index (χ1v) is 7.08. The van der Waals surface area contributed by atoms with E-state index in [-0.39, 0.29) is 16.8 Å². The lowest BCUT2D eigenvalue weighted by molar-refractivity contribution is 0.125. The van der Waals surface area contributed by atoms with Gasteiger partial charge in [0.15, 0.2) is 0 Å². The summed E-state index contributed by atoms with van der Waals surface area (Å²) in [5.41, 5.74) is 7.04. The van der Waals surface area contributed by atoms with E-state index in [9.17, 15) is 4.39 Å². The summed E-state index contributed by atoms with van der Waals surface area (Å²) in [6.45, 7) is 7.44. The number of nitrogens with one attached hydrogen (secondary N) is 1. The molecule has 2 atom stereocenters. The second kappa shape index (κ2) is 5.12. The van der Waals surface area contributed by atoms with Crippen LogP contribution in [0, 0.1) is 17.2 Å². The number of benzene rings is 1. The molecule has 3 heteroatoms. The predicted octanol–water partition coefficient (Wildman–Crippen LogP) is 3.78. The Morgan fingerprint density at radius 1 is 1.37 bits per heavy atom. The lowest BCUT2D eigenvalue weighted by Gasteiger charge is -2.48. The van der Waals surface area contributed by atoms with Crippen molar-refractivity contribution in [2.75, 3.05) is 11.9 Å². The van der Waals surface area contributed by atoms with Crippen molar-refractivity contribution in [2.45, 2.75) is 45.6 Å². The van der Waals surface area contributed by atoms with Crippen molar-refractivity contribution in [1.29, 1.82) is 0 Å². The Kier molecular flexibility index (Phi) is 3.86. The first-order valence-electron chi connectivity index (χ1n) is 7.08. The van der Waals surface area contributed by atoms with Crippen LogP contribution < -0.4 is 11.1 Å². The SMILES string of the molecule is CC1CC(C)(C)CC(CN)(Nc2cccc(F)c2)C1.